The first-order chi connectivity index (χ1) is 3.81. The zero-order valence-corrected chi connectivity index (χ0v) is 7.84. The Hall–Kier alpha value is 0.390. The van der Waals surface area contributed by atoms with Crippen LogP contribution in [0.3, 0.4) is 0 Å². The molecule has 0 aliphatic heterocycles. The van der Waals surface area contributed by atoms with Gasteiger partial charge in [-0.3, -0.25) is 4.89 Å². The van der Waals surface area contributed by atoms with Gasteiger partial charge in [-0.15, -0.1) is 0 Å². The standard InChI is InChI=1S/C4H8O4.Na.H/c1-6-3-4(5)8-7-2;;/h3H2,1-2H3;;/q;+1;-1. The average Bonchev–Trinajstić information content (AvgIpc) is 1.68. The molecule has 0 aromatic carbocycles. The van der Waals surface area contributed by atoms with E-state index >= 15 is 0 Å². The van der Waals surface area contributed by atoms with E-state index in [2.05, 4.69) is 14.5 Å². The maximum absolute atomic E-state index is 10.2. The molecule has 0 unspecified atom stereocenters. The normalized spacial score (nSPS) is 7.78. The van der Waals surface area contributed by atoms with Gasteiger partial charge in [0.15, 0.2) is 0 Å². The molecule has 9 heavy (non-hydrogen) atoms. The molecular formula is C4H9NaO4. The Labute approximate surface area is 77.2 Å². The summed E-state index contributed by atoms with van der Waals surface area (Å²) in [6.45, 7) is -0.0756. The van der Waals surface area contributed by atoms with E-state index in [0.29, 0.717) is 0 Å². The molecule has 0 atom stereocenters. The SMILES string of the molecule is COCC(=O)OOC.[H-].[Na+]. The predicted octanol–water partition coefficient (Wildman–Crippen LogP) is -3.15. The second-order valence-corrected chi connectivity index (χ2v) is 1.06. The van der Waals surface area contributed by atoms with Gasteiger partial charge < -0.3 is 6.16 Å². The molecule has 50 valence electrons. The van der Waals surface area contributed by atoms with Crippen molar-refractivity contribution < 1.29 is 50.3 Å². The van der Waals surface area contributed by atoms with Crippen LogP contribution in [0.1, 0.15) is 1.43 Å². The van der Waals surface area contributed by atoms with Crippen LogP contribution >= 0.6 is 0 Å². The minimum atomic E-state index is -0.532. The molecule has 0 rings (SSSR count). The van der Waals surface area contributed by atoms with Gasteiger partial charge in [-0.05, 0) is 0 Å². The zero-order valence-electron chi connectivity index (χ0n) is 6.84. The van der Waals surface area contributed by atoms with Crippen molar-refractivity contribution in [2.75, 3.05) is 20.8 Å². The Kier molecular flexibility index (Phi) is 11.3. The van der Waals surface area contributed by atoms with Gasteiger partial charge in [0.2, 0.25) is 0 Å². The van der Waals surface area contributed by atoms with Crippen LogP contribution in [0, 0.1) is 0 Å². The van der Waals surface area contributed by atoms with Gasteiger partial charge >= 0.3 is 35.5 Å². The molecule has 0 saturated heterocycles. The van der Waals surface area contributed by atoms with E-state index in [1.165, 1.54) is 14.2 Å². The van der Waals surface area contributed by atoms with E-state index in [1.54, 1.807) is 0 Å². The van der Waals surface area contributed by atoms with Crippen molar-refractivity contribution in [3.63, 3.8) is 0 Å². The second-order valence-electron chi connectivity index (χ2n) is 1.06. The minimum absolute atomic E-state index is 0. The summed E-state index contributed by atoms with van der Waals surface area (Å²) in [5.74, 6) is -0.532. The van der Waals surface area contributed by atoms with E-state index < -0.39 is 5.97 Å². The van der Waals surface area contributed by atoms with Crippen LogP contribution in [0.15, 0.2) is 0 Å². The Morgan fingerprint density at radius 2 is 2.11 bits per heavy atom. The van der Waals surface area contributed by atoms with Crippen LogP contribution in [0.25, 0.3) is 0 Å². The van der Waals surface area contributed by atoms with Crippen molar-refractivity contribution in [1.82, 2.24) is 0 Å². The van der Waals surface area contributed by atoms with Crippen LogP contribution < -0.4 is 29.6 Å². The van der Waals surface area contributed by atoms with Crippen molar-refractivity contribution in [1.29, 1.82) is 0 Å². The van der Waals surface area contributed by atoms with Crippen molar-refractivity contribution in [2.24, 2.45) is 0 Å². The van der Waals surface area contributed by atoms with E-state index in [-0.39, 0.29) is 37.6 Å². The first-order valence-electron chi connectivity index (χ1n) is 2.03. The molecule has 0 saturated carbocycles. The van der Waals surface area contributed by atoms with Crippen LogP contribution in [-0.2, 0) is 19.3 Å². The van der Waals surface area contributed by atoms with Gasteiger partial charge in [0, 0.05) is 7.11 Å². The van der Waals surface area contributed by atoms with Crippen LogP contribution in [0.5, 0.6) is 0 Å². The molecule has 0 aromatic rings. The zero-order chi connectivity index (χ0) is 6.41. The van der Waals surface area contributed by atoms with E-state index in [0.717, 1.165) is 0 Å². The first kappa shape index (κ1) is 12.1. The molecular weight excluding hydrogens is 135 g/mol. The van der Waals surface area contributed by atoms with Gasteiger partial charge in [0.05, 0.1) is 7.11 Å². The quantitative estimate of drug-likeness (QED) is 0.238. The van der Waals surface area contributed by atoms with Gasteiger partial charge in [0.25, 0.3) is 0 Å². The number of ether oxygens (including phenoxy) is 1. The molecule has 0 spiro atoms. The number of carbonyl (C=O) groups is 1. The van der Waals surface area contributed by atoms with Crippen molar-refractivity contribution in [3.8, 4) is 0 Å². The monoisotopic (exact) mass is 144 g/mol. The number of rotatable bonds is 3. The van der Waals surface area contributed by atoms with Gasteiger partial charge in [-0.2, -0.15) is 4.89 Å². The molecule has 0 amide bonds. The maximum atomic E-state index is 10.2. The Bertz CT molecular complexity index is 71.7. The summed E-state index contributed by atoms with van der Waals surface area (Å²) >= 11 is 0. The van der Waals surface area contributed by atoms with E-state index in [1.807, 2.05) is 0 Å². The Balaban J connectivity index is -0.000000245. The summed E-state index contributed by atoms with van der Waals surface area (Å²) < 4.78 is 4.40. The minimum Gasteiger partial charge on any atom is -1.00 e. The molecule has 0 heterocycles. The molecule has 0 aromatic heterocycles. The predicted molar refractivity (Wildman–Crippen MR) is 26.1 cm³/mol. The second kappa shape index (κ2) is 8.39. The van der Waals surface area contributed by atoms with E-state index in [4.69, 9.17) is 0 Å². The van der Waals surface area contributed by atoms with Gasteiger partial charge in [-0.1, -0.05) is 0 Å². The Morgan fingerprint density at radius 3 is 2.44 bits per heavy atom. The molecule has 5 heteroatoms. The average molecular weight is 144 g/mol. The summed E-state index contributed by atoms with van der Waals surface area (Å²) in [6.07, 6.45) is 0. The summed E-state index contributed by atoms with van der Waals surface area (Å²) in [4.78, 5) is 18.2. The number of carbonyl (C=O) groups excluding carboxylic acids is 1. The number of hydrogen-bond acceptors (Lipinski definition) is 4. The van der Waals surface area contributed by atoms with Crippen molar-refractivity contribution in [3.05, 3.63) is 0 Å². The fourth-order valence-electron chi connectivity index (χ4n) is 0.235. The fourth-order valence-corrected chi connectivity index (χ4v) is 0.235. The maximum Gasteiger partial charge on any atom is 1.00 e. The first-order valence-corrected chi connectivity index (χ1v) is 2.03. The molecule has 0 N–H and O–H groups in total. The van der Waals surface area contributed by atoms with Crippen LogP contribution in [0.2, 0.25) is 0 Å². The third-order valence-corrected chi connectivity index (χ3v) is 0.438. The van der Waals surface area contributed by atoms with Crippen molar-refractivity contribution >= 4 is 5.97 Å². The molecule has 0 radical (unpaired) electrons. The smallest absolute Gasteiger partial charge is 1.00 e. The number of hydrogen-bond donors (Lipinski definition) is 0. The third-order valence-electron chi connectivity index (χ3n) is 0.438. The molecule has 0 bridgehead atoms. The largest absolute Gasteiger partial charge is 1.00 e. The summed E-state index contributed by atoms with van der Waals surface area (Å²) in [7, 11) is 2.66. The molecule has 4 nitrogen and oxygen atoms in total. The van der Waals surface area contributed by atoms with Gasteiger partial charge in [0.1, 0.15) is 6.61 Å². The topological polar surface area (TPSA) is 44.8 Å². The third kappa shape index (κ3) is 8.39. The van der Waals surface area contributed by atoms with E-state index in [9.17, 15) is 4.79 Å². The van der Waals surface area contributed by atoms with Crippen LogP contribution in [-0.4, -0.2) is 26.8 Å². The number of methoxy groups -OCH3 is 1. The van der Waals surface area contributed by atoms with Crippen molar-refractivity contribution in [2.45, 2.75) is 0 Å². The molecule has 0 aliphatic rings. The molecule has 0 aliphatic carbocycles. The fraction of sp³-hybridized carbons (Fsp3) is 0.750. The molecule has 0 fully saturated rings. The Morgan fingerprint density at radius 1 is 1.56 bits per heavy atom. The van der Waals surface area contributed by atoms with Crippen LogP contribution in [0.4, 0.5) is 0 Å². The summed E-state index contributed by atoms with van der Waals surface area (Å²) in [5, 5.41) is 0. The summed E-state index contributed by atoms with van der Waals surface area (Å²) in [6, 6.07) is 0. The summed E-state index contributed by atoms with van der Waals surface area (Å²) in [5.41, 5.74) is 0. The van der Waals surface area contributed by atoms with Gasteiger partial charge in [-0.25, -0.2) is 4.79 Å².